The van der Waals surface area contributed by atoms with Crippen LogP contribution in [0.2, 0.25) is 0 Å². The Morgan fingerprint density at radius 3 is 2.66 bits per heavy atom. The van der Waals surface area contributed by atoms with Gasteiger partial charge >= 0.3 is 0 Å². The second-order valence-electron chi connectivity index (χ2n) is 7.35. The van der Waals surface area contributed by atoms with E-state index in [2.05, 4.69) is 29.4 Å². The Bertz CT molecular complexity index is 1140. The lowest BCUT2D eigenvalue weighted by molar-refractivity contribution is 0.0955. The third-order valence-electron chi connectivity index (χ3n) is 4.90. The van der Waals surface area contributed by atoms with Crippen molar-refractivity contribution in [2.24, 2.45) is 7.05 Å². The summed E-state index contributed by atoms with van der Waals surface area (Å²) in [5, 5.41) is 11.4. The molecule has 3 aromatic heterocycles. The molecule has 1 amide bonds. The van der Waals surface area contributed by atoms with Gasteiger partial charge in [-0.2, -0.15) is 0 Å². The maximum Gasteiger partial charge on any atom is 0.255 e. The Labute approximate surface area is 169 Å². The number of hydrogen-bond donors (Lipinski definition) is 1. The Balaban J connectivity index is 1.45. The number of nitrogens with one attached hydrogen (secondary N) is 1. The first kappa shape index (κ1) is 18.9. The Hall–Kier alpha value is -3.48. The summed E-state index contributed by atoms with van der Waals surface area (Å²) >= 11 is 0. The summed E-state index contributed by atoms with van der Waals surface area (Å²) in [7, 11) is 1.97. The number of imidazole rings is 1. The van der Waals surface area contributed by atoms with Crippen LogP contribution in [0, 0.1) is 0 Å². The van der Waals surface area contributed by atoms with Crippen molar-refractivity contribution in [1.29, 1.82) is 0 Å². The van der Waals surface area contributed by atoms with Crippen LogP contribution in [0.25, 0.3) is 16.9 Å². The summed E-state index contributed by atoms with van der Waals surface area (Å²) in [5.74, 6) is 1.84. The van der Waals surface area contributed by atoms with E-state index in [9.17, 15) is 4.79 Å². The molecular formula is C22H24N6O. The molecule has 0 spiro atoms. The van der Waals surface area contributed by atoms with Gasteiger partial charge in [0.05, 0.1) is 11.3 Å². The van der Waals surface area contributed by atoms with E-state index in [1.165, 1.54) is 0 Å². The highest BCUT2D eigenvalue weighted by molar-refractivity contribution is 5.99. The predicted molar refractivity (Wildman–Crippen MR) is 112 cm³/mol. The Morgan fingerprint density at radius 1 is 1.10 bits per heavy atom. The number of hydrogen-bond acceptors (Lipinski definition) is 4. The van der Waals surface area contributed by atoms with Crippen LogP contribution in [-0.4, -0.2) is 36.6 Å². The summed E-state index contributed by atoms with van der Waals surface area (Å²) in [6.07, 6.45) is 4.54. The molecule has 0 aliphatic rings. The van der Waals surface area contributed by atoms with Crippen LogP contribution in [0.1, 0.15) is 41.8 Å². The van der Waals surface area contributed by atoms with Crippen molar-refractivity contribution in [2.45, 2.75) is 26.2 Å². The normalized spacial score (nSPS) is 11.3. The number of benzene rings is 1. The van der Waals surface area contributed by atoms with Crippen molar-refractivity contribution in [2.75, 3.05) is 6.54 Å². The molecule has 0 radical (unpaired) electrons. The smallest absolute Gasteiger partial charge is 0.255 e. The first-order valence-electron chi connectivity index (χ1n) is 9.74. The maximum absolute atomic E-state index is 12.7. The minimum Gasteiger partial charge on any atom is -0.351 e. The SMILES string of the molecule is CC(C)c1nnc2c(C(=O)NCCc3nc(-c4ccccc4)cn3C)cccn12. The van der Waals surface area contributed by atoms with Gasteiger partial charge in [0.2, 0.25) is 0 Å². The Morgan fingerprint density at radius 2 is 1.90 bits per heavy atom. The van der Waals surface area contributed by atoms with Crippen molar-refractivity contribution >= 4 is 11.6 Å². The molecule has 0 fully saturated rings. The van der Waals surface area contributed by atoms with Gasteiger partial charge in [0.15, 0.2) is 5.65 Å². The zero-order valence-corrected chi connectivity index (χ0v) is 16.8. The number of aromatic nitrogens is 5. The topological polar surface area (TPSA) is 77.1 Å². The molecule has 29 heavy (non-hydrogen) atoms. The van der Waals surface area contributed by atoms with E-state index in [1.807, 2.05) is 64.8 Å². The largest absolute Gasteiger partial charge is 0.351 e. The number of nitrogens with zero attached hydrogens (tertiary/aromatic N) is 5. The van der Waals surface area contributed by atoms with E-state index >= 15 is 0 Å². The van der Waals surface area contributed by atoms with Crippen LogP contribution in [0.5, 0.6) is 0 Å². The number of amides is 1. The first-order valence-corrected chi connectivity index (χ1v) is 9.74. The van der Waals surface area contributed by atoms with Crippen molar-refractivity contribution in [1.82, 2.24) is 29.5 Å². The molecular weight excluding hydrogens is 364 g/mol. The molecule has 0 bridgehead atoms. The second kappa shape index (κ2) is 7.87. The minimum atomic E-state index is -0.157. The lowest BCUT2D eigenvalue weighted by Gasteiger charge is -2.07. The molecule has 4 aromatic rings. The van der Waals surface area contributed by atoms with Gasteiger partial charge in [-0.1, -0.05) is 44.2 Å². The highest BCUT2D eigenvalue weighted by Crippen LogP contribution is 2.18. The molecule has 3 heterocycles. The lowest BCUT2D eigenvalue weighted by Crippen LogP contribution is -2.27. The quantitative estimate of drug-likeness (QED) is 0.550. The van der Waals surface area contributed by atoms with Crippen molar-refractivity contribution in [3.63, 3.8) is 0 Å². The first-order chi connectivity index (χ1) is 14.0. The molecule has 0 aliphatic carbocycles. The van der Waals surface area contributed by atoms with Crippen LogP contribution < -0.4 is 5.32 Å². The van der Waals surface area contributed by atoms with Gasteiger partial charge in [0, 0.05) is 43.9 Å². The van der Waals surface area contributed by atoms with Crippen LogP contribution in [0.15, 0.2) is 54.9 Å². The fourth-order valence-electron chi connectivity index (χ4n) is 3.37. The zero-order valence-electron chi connectivity index (χ0n) is 16.8. The van der Waals surface area contributed by atoms with Gasteiger partial charge in [-0.25, -0.2) is 4.98 Å². The number of carbonyl (C=O) groups excluding carboxylic acids is 1. The average Bonchev–Trinajstić information content (AvgIpc) is 3.32. The van der Waals surface area contributed by atoms with Crippen molar-refractivity contribution in [3.8, 4) is 11.3 Å². The molecule has 4 rings (SSSR count). The molecule has 0 saturated heterocycles. The molecule has 7 heteroatoms. The van der Waals surface area contributed by atoms with Gasteiger partial charge in [-0.05, 0) is 12.1 Å². The van der Waals surface area contributed by atoms with E-state index < -0.39 is 0 Å². The van der Waals surface area contributed by atoms with Gasteiger partial charge < -0.3 is 9.88 Å². The average molecular weight is 388 g/mol. The fourth-order valence-corrected chi connectivity index (χ4v) is 3.37. The monoisotopic (exact) mass is 388 g/mol. The number of pyridine rings is 1. The summed E-state index contributed by atoms with van der Waals surface area (Å²) in [6, 6.07) is 13.7. The van der Waals surface area contributed by atoms with E-state index in [1.54, 1.807) is 6.07 Å². The maximum atomic E-state index is 12.7. The molecule has 0 unspecified atom stereocenters. The summed E-state index contributed by atoms with van der Waals surface area (Å²) in [6.45, 7) is 4.60. The number of carbonyl (C=O) groups is 1. The van der Waals surface area contributed by atoms with Gasteiger partial charge in [-0.15, -0.1) is 10.2 Å². The second-order valence-corrected chi connectivity index (χ2v) is 7.35. The van der Waals surface area contributed by atoms with Crippen LogP contribution in [0.3, 0.4) is 0 Å². The highest BCUT2D eigenvalue weighted by atomic mass is 16.1. The van der Waals surface area contributed by atoms with Crippen molar-refractivity contribution < 1.29 is 4.79 Å². The van der Waals surface area contributed by atoms with Gasteiger partial charge in [0.25, 0.3) is 5.91 Å². The fraction of sp³-hybridized carbons (Fsp3) is 0.273. The Kier molecular flexibility index (Phi) is 5.12. The summed E-state index contributed by atoms with van der Waals surface area (Å²) in [5.41, 5.74) is 3.12. The lowest BCUT2D eigenvalue weighted by atomic mass is 10.2. The summed E-state index contributed by atoms with van der Waals surface area (Å²) < 4.78 is 3.88. The van der Waals surface area contributed by atoms with Gasteiger partial charge in [0.1, 0.15) is 11.6 Å². The zero-order chi connectivity index (χ0) is 20.4. The van der Waals surface area contributed by atoms with E-state index in [-0.39, 0.29) is 11.8 Å². The van der Waals surface area contributed by atoms with Crippen LogP contribution in [-0.2, 0) is 13.5 Å². The molecule has 0 saturated carbocycles. The number of rotatable bonds is 6. The molecule has 1 aromatic carbocycles. The molecule has 0 aliphatic heterocycles. The van der Waals surface area contributed by atoms with Gasteiger partial charge in [-0.3, -0.25) is 9.20 Å². The highest BCUT2D eigenvalue weighted by Gasteiger charge is 2.16. The minimum absolute atomic E-state index is 0.157. The summed E-state index contributed by atoms with van der Waals surface area (Å²) in [4.78, 5) is 17.4. The molecule has 7 nitrogen and oxygen atoms in total. The van der Waals surface area contributed by atoms with E-state index in [0.29, 0.717) is 24.2 Å². The molecule has 0 atom stereocenters. The number of fused-ring (bicyclic) bond motifs is 1. The third kappa shape index (κ3) is 3.76. The van der Waals surface area contributed by atoms with Crippen LogP contribution in [0.4, 0.5) is 0 Å². The van der Waals surface area contributed by atoms with Crippen molar-refractivity contribution in [3.05, 3.63) is 72.1 Å². The number of aryl methyl sites for hydroxylation is 1. The predicted octanol–water partition coefficient (Wildman–Crippen LogP) is 3.23. The molecule has 1 N–H and O–H groups in total. The van der Waals surface area contributed by atoms with E-state index in [4.69, 9.17) is 4.98 Å². The third-order valence-corrected chi connectivity index (χ3v) is 4.90. The standard InChI is InChI=1S/C22H24N6O/c1-15(2)20-25-26-21-17(10-7-13-28(20)21)22(29)23-12-11-19-24-18(14-27(19)3)16-8-5-4-6-9-16/h4-10,13-15H,11-12H2,1-3H3,(H,23,29). The van der Waals surface area contributed by atoms with E-state index in [0.717, 1.165) is 22.9 Å². The molecule has 148 valence electrons. The van der Waals surface area contributed by atoms with Crippen LogP contribution >= 0.6 is 0 Å².